The molecule has 0 spiro atoms. The summed E-state index contributed by atoms with van der Waals surface area (Å²) in [6.45, 7) is 7.92. The molecule has 0 bridgehead atoms. The molecule has 1 amide bonds. The summed E-state index contributed by atoms with van der Waals surface area (Å²) >= 11 is 0. The third-order valence-electron chi connectivity index (χ3n) is 3.65. The van der Waals surface area contributed by atoms with Crippen LogP contribution in [0.2, 0.25) is 0 Å². The maximum Gasteiger partial charge on any atom is 0.236 e. The number of likely N-dealkylation sites (N-methyl/N-ethyl adjacent to an activating group) is 1. The molecule has 0 aromatic carbocycles. The zero-order valence-corrected chi connectivity index (χ0v) is 11.2. The fourth-order valence-electron chi connectivity index (χ4n) is 2.42. The van der Waals surface area contributed by atoms with Crippen LogP contribution >= 0.6 is 0 Å². The van der Waals surface area contributed by atoms with Gasteiger partial charge >= 0.3 is 0 Å². The molecule has 1 saturated carbocycles. The molecule has 1 N–H and O–H groups in total. The van der Waals surface area contributed by atoms with Gasteiger partial charge in [0.15, 0.2) is 0 Å². The van der Waals surface area contributed by atoms with E-state index < -0.39 is 0 Å². The van der Waals surface area contributed by atoms with Gasteiger partial charge in [-0.25, -0.2) is 0 Å². The average Bonchev–Trinajstić information content (AvgIpc) is 2.23. The van der Waals surface area contributed by atoms with Gasteiger partial charge < -0.3 is 10.2 Å². The molecule has 0 heterocycles. The Morgan fingerprint density at radius 2 is 2.19 bits per heavy atom. The van der Waals surface area contributed by atoms with Crippen LogP contribution in [-0.2, 0) is 4.79 Å². The van der Waals surface area contributed by atoms with Crippen LogP contribution in [0, 0.1) is 5.41 Å². The van der Waals surface area contributed by atoms with Crippen molar-refractivity contribution in [2.24, 2.45) is 5.41 Å². The highest BCUT2D eigenvalue weighted by Gasteiger charge is 2.27. The van der Waals surface area contributed by atoms with Crippen molar-refractivity contribution in [3.05, 3.63) is 0 Å². The first-order valence-electron chi connectivity index (χ1n) is 6.42. The normalized spacial score (nSPS) is 24.1. The highest BCUT2D eigenvalue weighted by atomic mass is 16.2. The number of amides is 1. The van der Waals surface area contributed by atoms with E-state index in [0.29, 0.717) is 18.0 Å². The summed E-state index contributed by atoms with van der Waals surface area (Å²) in [5.74, 6) is 0.200. The predicted molar refractivity (Wildman–Crippen MR) is 67.4 cm³/mol. The van der Waals surface area contributed by atoms with Crippen LogP contribution in [0.25, 0.3) is 0 Å². The molecule has 94 valence electrons. The van der Waals surface area contributed by atoms with Crippen molar-refractivity contribution in [1.82, 2.24) is 10.2 Å². The van der Waals surface area contributed by atoms with Gasteiger partial charge in [-0.3, -0.25) is 4.79 Å². The Kier molecular flexibility index (Phi) is 4.78. The molecule has 1 aliphatic rings. The van der Waals surface area contributed by atoms with E-state index in [1.807, 2.05) is 14.0 Å². The topological polar surface area (TPSA) is 32.3 Å². The maximum absolute atomic E-state index is 11.6. The Morgan fingerprint density at radius 1 is 1.50 bits per heavy atom. The highest BCUT2D eigenvalue weighted by molar-refractivity contribution is 5.77. The summed E-state index contributed by atoms with van der Waals surface area (Å²) in [6, 6.07) is 0.526. The second-order valence-corrected chi connectivity index (χ2v) is 5.75. The van der Waals surface area contributed by atoms with E-state index in [0.717, 1.165) is 6.54 Å². The van der Waals surface area contributed by atoms with Crippen LogP contribution in [0.1, 0.15) is 46.5 Å². The standard InChI is InChI=1S/C13H26N2O/c1-5-15(4)12(16)10-14-11-7-6-8-13(2,3)9-11/h11,14H,5-10H2,1-4H3. The van der Waals surface area contributed by atoms with Gasteiger partial charge in [-0.05, 0) is 31.6 Å². The van der Waals surface area contributed by atoms with E-state index >= 15 is 0 Å². The molecule has 1 fully saturated rings. The Labute approximate surface area is 99.6 Å². The molecule has 0 aliphatic heterocycles. The number of rotatable bonds is 4. The zero-order valence-electron chi connectivity index (χ0n) is 11.2. The lowest BCUT2D eigenvalue weighted by Gasteiger charge is -2.35. The number of hydrogen-bond donors (Lipinski definition) is 1. The maximum atomic E-state index is 11.6. The number of hydrogen-bond acceptors (Lipinski definition) is 2. The molecule has 3 nitrogen and oxygen atoms in total. The summed E-state index contributed by atoms with van der Waals surface area (Å²) in [5, 5.41) is 3.40. The number of nitrogens with zero attached hydrogens (tertiary/aromatic N) is 1. The summed E-state index contributed by atoms with van der Waals surface area (Å²) in [4.78, 5) is 13.4. The Balaban J connectivity index is 2.30. The van der Waals surface area contributed by atoms with Crippen LogP contribution in [-0.4, -0.2) is 37.0 Å². The van der Waals surface area contributed by atoms with Crippen LogP contribution in [0.4, 0.5) is 0 Å². The van der Waals surface area contributed by atoms with Crippen molar-refractivity contribution in [1.29, 1.82) is 0 Å². The van der Waals surface area contributed by atoms with E-state index in [-0.39, 0.29) is 5.91 Å². The summed E-state index contributed by atoms with van der Waals surface area (Å²) in [6.07, 6.45) is 5.00. The van der Waals surface area contributed by atoms with Crippen LogP contribution in [0.3, 0.4) is 0 Å². The zero-order chi connectivity index (χ0) is 12.2. The van der Waals surface area contributed by atoms with Crippen molar-refractivity contribution in [3.63, 3.8) is 0 Å². The molecular formula is C13H26N2O. The van der Waals surface area contributed by atoms with Crippen molar-refractivity contribution >= 4 is 5.91 Å². The first-order chi connectivity index (χ1) is 7.44. The monoisotopic (exact) mass is 226 g/mol. The SMILES string of the molecule is CCN(C)C(=O)CNC1CCCC(C)(C)C1. The van der Waals surface area contributed by atoms with Crippen molar-refractivity contribution in [2.45, 2.75) is 52.5 Å². The Bertz CT molecular complexity index is 238. The van der Waals surface area contributed by atoms with Crippen LogP contribution in [0.15, 0.2) is 0 Å². The highest BCUT2D eigenvalue weighted by Crippen LogP contribution is 2.34. The molecule has 0 saturated heterocycles. The van der Waals surface area contributed by atoms with E-state index in [1.54, 1.807) is 4.90 Å². The largest absolute Gasteiger partial charge is 0.345 e. The molecule has 1 aliphatic carbocycles. The van der Waals surface area contributed by atoms with Gasteiger partial charge in [0.25, 0.3) is 0 Å². The summed E-state index contributed by atoms with van der Waals surface area (Å²) < 4.78 is 0. The van der Waals surface area contributed by atoms with Gasteiger partial charge in [-0.15, -0.1) is 0 Å². The lowest BCUT2D eigenvalue weighted by Crippen LogP contribution is -2.43. The molecular weight excluding hydrogens is 200 g/mol. The van der Waals surface area contributed by atoms with Crippen molar-refractivity contribution in [2.75, 3.05) is 20.1 Å². The Morgan fingerprint density at radius 3 is 2.75 bits per heavy atom. The van der Waals surface area contributed by atoms with E-state index in [1.165, 1.54) is 25.7 Å². The molecule has 1 atom stereocenters. The van der Waals surface area contributed by atoms with Gasteiger partial charge in [0.2, 0.25) is 5.91 Å². The molecule has 0 aromatic heterocycles. The third-order valence-corrected chi connectivity index (χ3v) is 3.65. The molecule has 16 heavy (non-hydrogen) atoms. The lowest BCUT2D eigenvalue weighted by atomic mass is 9.75. The Hall–Kier alpha value is -0.570. The first kappa shape index (κ1) is 13.5. The third kappa shape index (κ3) is 4.12. The summed E-state index contributed by atoms with van der Waals surface area (Å²) in [7, 11) is 1.86. The first-order valence-corrected chi connectivity index (χ1v) is 6.42. The van der Waals surface area contributed by atoms with Gasteiger partial charge in [0.05, 0.1) is 6.54 Å². The fraction of sp³-hybridized carbons (Fsp3) is 0.923. The minimum Gasteiger partial charge on any atom is -0.345 e. The van der Waals surface area contributed by atoms with Gasteiger partial charge in [0.1, 0.15) is 0 Å². The minimum atomic E-state index is 0.200. The number of carbonyl (C=O) groups is 1. The van der Waals surface area contributed by atoms with Crippen LogP contribution in [0.5, 0.6) is 0 Å². The predicted octanol–water partition coefficient (Wildman–Crippen LogP) is 2.02. The minimum absolute atomic E-state index is 0.200. The van der Waals surface area contributed by atoms with E-state index in [2.05, 4.69) is 19.2 Å². The van der Waals surface area contributed by atoms with Gasteiger partial charge in [0, 0.05) is 19.6 Å². The van der Waals surface area contributed by atoms with Crippen molar-refractivity contribution < 1.29 is 4.79 Å². The molecule has 1 rings (SSSR count). The second-order valence-electron chi connectivity index (χ2n) is 5.75. The van der Waals surface area contributed by atoms with E-state index in [4.69, 9.17) is 0 Å². The van der Waals surface area contributed by atoms with Gasteiger partial charge in [-0.2, -0.15) is 0 Å². The van der Waals surface area contributed by atoms with Crippen molar-refractivity contribution in [3.8, 4) is 0 Å². The quantitative estimate of drug-likeness (QED) is 0.795. The molecule has 3 heteroatoms. The average molecular weight is 226 g/mol. The summed E-state index contributed by atoms with van der Waals surface area (Å²) in [5.41, 5.74) is 0.440. The van der Waals surface area contributed by atoms with E-state index in [9.17, 15) is 4.79 Å². The lowest BCUT2D eigenvalue weighted by molar-refractivity contribution is -0.129. The van der Waals surface area contributed by atoms with Gasteiger partial charge in [-0.1, -0.05) is 20.3 Å². The number of carbonyl (C=O) groups excluding carboxylic acids is 1. The second kappa shape index (κ2) is 5.67. The number of nitrogens with one attached hydrogen (secondary N) is 1. The molecule has 0 aromatic rings. The molecule has 0 radical (unpaired) electrons. The smallest absolute Gasteiger partial charge is 0.236 e. The van der Waals surface area contributed by atoms with Crippen LogP contribution < -0.4 is 5.32 Å². The molecule has 1 unspecified atom stereocenters. The fourth-order valence-corrected chi connectivity index (χ4v) is 2.42.